The lowest BCUT2D eigenvalue weighted by atomic mass is 10.1. The molecule has 0 fully saturated rings. The van der Waals surface area contributed by atoms with Gasteiger partial charge in [0.1, 0.15) is 31.8 Å². The molecule has 8 nitrogen and oxygen atoms in total. The highest BCUT2D eigenvalue weighted by atomic mass is 32.2. The van der Waals surface area contributed by atoms with Gasteiger partial charge in [-0.1, -0.05) is 23.5 Å². The number of benzene rings is 2. The molecule has 3 aromatic heterocycles. The molecule has 5 rings (SSSR count). The Morgan fingerprint density at radius 3 is 2.57 bits per heavy atom. The van der Waals surface area contributed by atoms with Crippen LogP contribution in [0.5, 0.6) is 11.6 Å². The van der Waals surface area contributed by atoms with Crippen LogP contribution in [0.15, 0.2) is 71.9 Å². The minimum absolute atomic E-state index is 0.0426. The summed E-state index contributed by atoms with van der Waals surface area (Å²) in [4.78, 5) is 14.0. The molecule has 5 aromatic rings. The number of ether oxygens (including phenoxy) is 2. The summed E-state index contributed by atoms with van der Waals surface area (Å²) in [5, 5.41) is 0.680. The Bertz CT molecular complexity index is 1740. The Morgan fingerprint density at radius 1 is 0.973 bits per heavy atom. The van der Waals surface area contributed by atoms with Gasteiger partial charge in [-0.05, 0) is 55.0 Å². The molecule has 188 valence electrons. The van der Waals surface area contributed by atoms with Crippen molar-refractivity contribution in [1.29, 1.82) is 0 Å². The number of sulfonamides is 1. The van der Waals surface area contributed by atoms with Gasteiger partial charge in [0.05, 0.1) is 19.9 Å². The van der Waals surface area contributed by atoms with Crippen LogP contribution in [0, 0.1) is 12.7 Å². The summed E-state index contributed by atoms with van der Waals surface area (Å²) in [6, 6.07) is 14.2. The van der Waals surface area contributed by atoms with E-state index in [0.29, 0.717) is 27.7 Å². The predicted molar refractivity (Wildman–Crippen MR) is 141 cm³/mol. The summed E-state index contributed by atoms with van der Waals surface area (Å²) in [6.45, 7) is 1.79. The number of hydrogen-bond acceptors (Lipinski definition) is 8. The molecule has 0 aliphatic heterocycles. The van der Waals surface area contributed by atoms with Crippen molar-refractivity contribution < 1.29 is 22.3 Å². The summed E-state index contributed by atoms with van der Waals surface area (Å²) >= 11 is 1.39. The zero-order valence-corrected chi connectivity index (χ0v) is 21.7. The van der Waals surface area contributed by atoms with Gasteiger partial charge in [-0.2, -0.15) is 0 Å². The molecule has 1 N–H and O–H groups in total. The topological polar surface area (TPSA) is 103 Å². The van der Waals surface area contributed by atoms with Gasteiger partial charge in [0.25, 0.3) is 10.0 Å². The molecule has 0 atom stereocenters. The van der Waals surface area contributed by atoms with E-state index in [4.69, 9.17) is 14.5 Å². The van der Waals surface area contributed by atoms with E-state index >= 15 is 0 Å². The van der Waals surface area contributed by atoms with Crippen molar-refractivity contribution in [3.05, 3.63) is 78.4 Å². The maximum atomic E-state index is 13.8. The second-order valence-corrected chi connectivity index (χ2v) is 10.6. The number of anilines is 1. The second-order valence-electron chi connectivity index (χ2n) is 8.01. The van der Waals surface area contributed by atoms with E-state index in [1.54, 1.807) is 38.6 Å². The molecule has 0 aliphatic carbocycles. The van der Waals surface area contributed by atoms with Crippen LogP contribution in [0.4, 0.5) is 10.1 Å². The zero-order valence-electron chi connectivity index (χ0n) is 20.0. The maximum absolute atomic E-state index is 13.8. The minimum atomic E-state index is -4.13. The van der Waals surface area contributed by atoms with Gasteiger partial charge in [0, 0.05) is 29.1 Å². The fourth-order valence-electron chi connectivity index (χ4n) is 3.90. The summed E-state index contributed by atoms with van der Waals surface area (Å²) in [5.41, 5.74) is 4.06. The lowest BCUT2D eigenvalue weighted by Gasteiger charge is -2.14. The number of methoxy groups -OCH3 is 2. The zero-order chi connectivity index (χ0) is 26.2. The highest BCUT2D eigenvalue weighted by Gasteiger charge is 2.22. The molecule has 2 aromatic carbocycles. The summed E-state index contributed by atoms with van der Waals surface area (Å²) in [6.07, 6.45) is 3.40. The average Bonchev–Trinajstić information content (AvgIpc) is 3.33. The number of hydrogen-bond donors (Lipinski definition) is 1. The molecule has 11 heteroatoms. The third kappa shape index (κ3) is 4.70. The monoisotopic (exact) mass is 536 g/mol. The Kier molecular flexibility index (Phi) is 6.48. The van der Waals surface area contributed by atoms with E-state index < -0.39 is 15.8 Å². The van der Waals surface area contributed by atoms with Gasteiger partial charge < -0.3 is 9.47 Å². The van der Waals surface area contributed by atoms with E-state index in [-0.39, 0.29) is 10.6 Å². The smallest absolute Gasteiger partial charge is 0.265 e. The Labute approximate surface area is 216 Å². The average molecular weight is 537 g/mol. The predicted octanol–water partition coefficient (Wildman–Crippen LogP) is 5.69. The molecule has 0 saturated heterocycles. The number of aromatic nitrogens is 3. The lowest BCUT2D eigenvalue weighted by Crippen LogP contribution is -2.15. The van der Waals surface area contributed by atoms with Crippen molar-refractivity contribution in [2.75, 3.05) is 18.9 Å². The standard InChI is InChI=1S/C26H21FN4O4S2/c1-15-18(6-4-8-20(15)31-37(32,33)23-13-17(27)9-10-22(23)34-2)25-30-21-12-16(14-29-26(21)36-25)19-7-5-11-28-24(19)35-3/h4-14,31H,1-3H3. The van der Waals surface area contributed by atoms with Crippen LogP contribution in [0.1, 0.15) is 5.56 Å². The fourth-order valence-corrected chi connectivity index (χ4v) is 6.17. The second kappa shape index (κ2) is 9.75. The quantitative estimate of drug-likeness (QED) is 0.285. The third-order valence-electron chi connectivity index (χ3n) is 5.75. The summed E-state index contributed by atoms with van der Waals surface area (Å²) in [7, 11) is -1.24. The van der Waals surface area contributed by atoms with Crippen molar-refractivity contribution in [1.82, 2.24) is 15.0 Å². The van der Waals surface area contributed by atoms with E-state index in [1.807, 2.05) is 24.3 Å². The first-order valence-corrected chi connectivity index (χ1v) is 13.3. The lowest BCUT2D eigenvalue weighted by molar-refractivity contribution is 0.399. The van der Waals surface area contributed by atoms with Crippen molar-refractivity contribution in [2.45, 2.75) is 11.8 Å². The van der Waals surface area contributed by atoms with Gasteiger partial charge in [-0.25, -0.2) is 27.8 Å². The first-order valence-electron chi connectivity index (χ1n) is 11.0. The van der Waals surface area contributed by atoms with Gasteiger partial charge in [-0.3, -0.25) is 4.72 Å². The number of pyridine rings is 2. The number of thiazole rings is 1. The Morgan fingerprint density at radius 2 is 1.78 bits per heavy atom. The van der Waals surface area contributed by atoms with Gasteiger partial charge in [-0.15, -0.1) is 0 Å². The van der Waals surface area contributed by atoms with Crippen molar-refractivity contribution >= 4 is 37.4 Å². The van der Waals surface area contributed by atoms with Crippen molar-refractivity contribution in [2.24, 2.45) is 0 Å². The molecule has 0 unspecified atom stereocenters. The minimum Gasteiger partial charge on any atom is -0.495 e. The molecule has 0 spiro atoms. The van der Waals surface area contributed by atoms with Crippen molar-refractivity contribution in [3.8, 4) is 33.3 Å². The molecular formula is C26H21FN4O4S2. The van der Waals surface area contributed by atoms with Crippen LogP contribution in [0.2, 0.25) is 0 Å². The van der Waals surface area contributed by atoms with Crippen LogP contribution < -0.4 is 14.2 Å². The van der Waals surface area contributed by atoms with Crippen LogP contribution >= 0.6 is 11.3 Å². The molecular weight excluding hydrogens is 515 g/mol. The highest BCUT2D eigenvalue weighted by Crippen LogP contribution is 2.37. The van der Waals surface area contributed by atoms with E-state index in [1.165, 1.54) is 24.5 Å². The van der Waals surface area contributed by atoms with Gasteiger partial charge in [0.15, 0.2) is 0 Å². The molecule has 37 heavy (non-hydrogen) atoms. The largest absolute Gasteiger partial charge is 0.495 e. The molecule has 0 aliphatic rings. The molecule has 0 amide bonds. The number of fused-ring (bicyclic) bond motifs is 1. The van der Waals surface area contributed by atoms with Gasteiger partial charge in [0.2, 0.25) is 5.88 Å². The van der Waals surface area contributed by atoms with Crippen LogP contribution in [-0.2, 0) is 10.0 Å². The molecule has 0 radical (unpaired) electrons. The van der Waals surface area contributed by atoms with Crippen LogP contribution in [0.25, 0.3) is 32.0 Å². The molecule has 0 saturated carbocycles. The van der Waals surface area contributed by atoms with E-state index in [2.05, 4.69) is 14.7 Å². The Hall–Kier alpha value is -4.09. The maximum Gasteiger partial charge on any atom is 0.265 e. The first kappa shape index (κ1) is 24.6. The normalized spacial score (nSPS) is 11.5. The molecule has 3 heterocycles. The molecule has 0 bridgehead atoms. The fraction of sp³-hybridized carbons (Fsp3) is 0.115. The SMILES string of the molecule is COc1ccc(F)cc1S(=O)(=O)Nc1cccc(-c2nc3cc(-c4cccnc4OC)cnc3s2)c1C. The van der Waals surface area contributed by atoms with Crippen molar-refractivity contribution in [3.63, 3.8) is 0 Å². The highest BCUT2D eigenvalue weighted by molar-refractivity contribution is 7.92. The Balaban J connectivity index is 1.52. The number of rotatable bonds is 7. The van der Waals surface area contributed by atoms with Crippen LogP contribution in [0.3, 0.4) is 0 Å². The number of nitrogens with one attached hydrogen (secondary N) is 1. The third-order valence-corrected chi connectivity index (χ3v) is 8.15. The summed E-state index contributed by atoms with van der Waals surface area (Å²) < 4.78 is 53.1. The van der Waals surface area contributed by atoms with E-state index in [0.717, 1.165) is 33.7 Å². The summed E-state index contributed by atoms with van der Waals surface area (Å²) in [5.74, 6) is -0.150. The van der Waals surface area contributed by atoms with E-state index in [9.17, 15) is 12.8 Å². The number of halogens is 1. The van der Waals surface area contributed by atoms with Gasteiger partial charge >= 0.3 is 0 Å². The van der Waals surface area contributed by atoms with Crippen LogP contribution in [-0.4, -0.2) is 37.6 Å². The first-order chi connectivity index (χ1) is 17.8. The number of nitrogens with zero attached hydrogens (tertiary/aromatic N) is 3.